The third-order valence-corrected chi connectivity index (χ3v) is 10.3. The second-order valence-electron chi connectivity index (χ2n) is 15.7. The summed E-state index contributed by atoms with van der Waals surface area (Å²) >= 11 is 0. The van der Waals surface area contributed by atoms with Crippen molar-refractivity contribution < 1.29 is 90.5 Å². The van der Waals surface area contributed by atoms with Crippen molar-refractivity contribution in [1.29, 1.82) is 0 Å². The Kier molecular flexibility index (Phi) is 23.6. The van der Waals surface area contributed by atoms with Crippen LogP contribution in [-0.4, -0.2) is 156 Å². The molecule has 370 valence electrons. The minimum Gasteiger partial charge on any atom is -0.463 e. The maximum atomic E-state index is 13.3. The van der Waals surface area contributed by atoms with Crippen molar-refractivity contribution in [3.63, 3.8) is 0 Å². The highest BCUT2D eigenvalue weighted by molar-refractivity contribution is 6.08. The summed E-state index contributed by atoms with van der Waals surface area (Å²) in [6.07, 6.45) is -6.19. The van der Waals surface area contributed by atoms with Gasteiger partial charge < -0.3 is 68.5 Å². The molecule has 10 atom stereocenters. The molecule has 2 amide bonds. The molecule has 1 aromatic rings. The van der Waals surface area contributed by atoms with Gasteiger partial charge in [-0.2, -0.15) is 0 Å². The number of esters is 5. The molecule has 0 spiro atoms. The Morgan fingerprint density at radius 1 is 0.621 bits per heavy atom. The zero-order chi connectivity index (χ0) is 48.9. The fourth-order valence-corrected chi connectivity index (χ4v) is 7.23. The molecule has 0 radical (unpaired) electrons. The topological polar surface area (TPSA) is 288 Å². The number of benzene rings is 1. The SMILES string of the molecule is CC(=O)N[C@H]1C(OCCOCCNC(=O)c2cc(CN)ccc2C(=O)CCCOCCOC2O[C@H](COC(C)=O)[C@H](OC(C)=O)[C@H](OC(C)=O)[C@H]2C)O[C@H](COC(C)=O)[C@H](C)[C@@H]1OC(C)=O. The van der Waals surface area contributed by atoms with Crippen LogP contribution in [0.1, 0.15) is 94.5 Å². The summed E-state index contributed by atoms with van der Waals surface area (Å²) in [4.78, 5) is 97.5. The van der Waals surface area contributed by atoms with Gasteiger partial charge in [-0.05, 0) is 18.1 Å². The second kappa shape index (κ2) is 28.2. The van der Waals surface area contributed by atoms with E-state index in [9.17, 15) is 38.4 Å². The molecule has 4 N–H and O–H groups in total. The van der Waals surface area contributed by atoms with Crippen LogP contribution >= 0.6 is 0 Å². The molecule has 0 saturated carbocycles. The van der Waals surface area contributed by atoms with Crippen molar-refractivity contribution >= 4 is 47.4 Å². The lowest BCUT2D eigenvalue weighted by Gasteiger charge is -2.44. The maximum Gasteiger partial charge on any atom is 0.303 e. The van der Waals surface area contributed by atoms with Gasteiger partial charge in [-0.3, -0.25) is 38.4 Å². The lowest BCUT2D eigenvalue weighted by atomic mass is 9.89. The van der Waals surface area contributed by atoms with E-state index < -0.39 is 103 Å². The van der Waals surface area contributed by atoms with Crippen LogP contribution in [0.25, 0.3) is 0 Å². The minimum absolute atomic E-state index is 0.0187. The van der Waals surface area contributed by atoms with Crippen molar-refractivity contribution in [3.05, 3.63) is 34.9 Å². The zero-order valence-electron chi connectivity index (χ0n) is 38.8. The highest BCUT2D eigenvalue weighted by Crippen LogP contribution is 2.32. The van der Waals surface area contributed by atoms with Crippen LogP contribution in [0, 0.1) is 11.8 Å². The van der Waals surface area contributed by atoms with E-state index in [1.807, 2.05) is 0 Å². The predicted molar refractivity (Wildman–Crippen MR) is 227 cm³/mol. The zero-order valence-corrected chi connectivity index (χ0v) is 38.8. The summed E-state index contributed by atoms with van der Waals surface area (Å²) in [6.45, 7) is 11.1. The number of ether oxygens (including phenoxy) is 11. The molecule has 0 bridgehead atoms. The summed E-state index contributed by atoms with van der Waals surface area (Å²) in [6, 6.07) is 3.92. The quantitative estimate of drug-likeness (QED) is 0.0506. The Hall–Kier alpha value is -5.10. The average molecular weight is 940 g/mol. The average Bonchev–Trinajstić information content (AvgIpc) is 3.24. The Balaban J connectivity index is 1.47. The van der Waals surface area contributed by atoms with Crippen LogP contribution in [0.15, 0.2) is 18.2 Å². The number of nitrogens with one attached hydrogen (secondary N) is 2. The molecule has 3 rings (SSSR count). The number of hydrogen-bond donors (Lipinski definition) is 3. The first-order chi connectivity index (χ1) is 31.3. The Bertz CT molecular complexity index is 1810. The van der Waals surface area contributed by atoms with E-state index in [4.69, 9.17) is 57.8 Å². The number of carbonyl (C=O) groups excluding carboxylic acids is 8. The van der Waals surface area contributed by atoms with E-state index in [1.54, 1.807) is 32.0 Å². The van der Waals surface area contributed by atoms with Gasteiger partial charge >= 0.3 is 29.8 Å². The number of carbonyl (C=O) groups is 8. The third kappa shape index (κ3) is 18.3. The van der Waals surface area contributed by atoms with Gasteiger partial charge in [0.05, 0.1) is 38.6 Å². The van der Waals surface area contributed by atoms with Gasteiger partial charge in [-0.15, -0.1) is 0 Å². The van der Waals surface area contributed by atoms with Crippen LogP contribution in [0.5, 0.6) is 0 Å². The molecule has 2 fully saturated rings. The highest BCUT2D eigenvalue weighted by atomic mass is 16.7. The van der Waals surface area contributed by atoms with Crippen molar-refractivity contribution in [1.82, 2.24) is 10.6 Å². The molecular weight excluding hydrogens is 874 g/mol. The number of amides is 2. The number of Topliss-reactive ketones (excluding diaryl/α,β-unsaturated/α-hetero) is 1. The number of hydrogen-bond acceptors (Lipinski definition) is 20. The molecule has 2 saturated heterocycles. The monoisotopic (exact) mass is 939 g/mol. The van der Waals surface area contributed by atoms with Crippen molar-refractivity contribution in [3.8, 4) is 0 Å². The van der Waals surface area contributed by atoms with Crippen LogP contribution in [0.3, 0.4) is 0 Å². The van der Waals surface area contributed by atoms with Gasteiger partial charge in [-0.25, -0.2) is 0 Å². The highest BCUT2D eigenvalue weighted by Gasteiger charge is 2.49. The minimum atomic E-state index is -1.08. The van der Waals surface area contributed by atoms with Gasteiger partial charge in [0.15, 0.2) is 24.5 Å². The summed E-state index contributed by atoms with van der Waals surface area (Å²) < 4.78 is 61.8. The van der Waals surface area contributed by atoms with Gasteiger partial charge in [-0.1, -0.05) is 26.0 Å². The maximum absolute atomic E-state index is 13.3. The summed E-state index contributed by atoms with van der Waals surface area (Å²) in [5, 5.41) is 5.48. The fraction of sp³-hybridized carbons (Fsp3) is 0.682. The van der Waals surface area contributed by atoms with Crippen LogP contribution in [-0.2, 0) is 87.4 Å². The van der Waals surface area contributed by atoms with Gasteiger partial charge in [0, 0.05) is 85.1 Å². The smallest absolute Gasteiger partial charge is 0.303 e. The van der Waals surface area contributed by atoms with Crippen molar-refractivity contribution in [2.45, 2.75) is 124 Å². The summed E-state index contributed by atoms with van der Waals surface area (Å²) in [5.74, 6) is -5.21. The molecule has 0 aromatic heterocycles. The Morgan fingerprint density at radius 2 is 1.18 bits per heavy atom. The van der Waals surface area contributed by atoms with Crippen LogP contribution < -0.4 is 16.4 Å². The van der Waals surface area contributed by atoms with E-state index in [2.05, 4.69) is 10.6 Å². The van der Waals surface area contributed by atoms with Gasteiger partial charge in [0.2, 0.25) is 5.91 Å². The molecule has 2 aliphatic rings. The van der Waals surface area contributed by atoms with E-state index >= 15 is 0 Å². The molecule has 22 heteroatoms. The van der Waals surface area contributed by atoms with Gasteiger partial charge in [0.1, 0.15) is 43.7 Å². The molecule has 0 aliphatic carbocycles. The lowest BCUT2D eigenvalue weighted by Crippen LogP contribution is -2.63. The first-order valence-electron chi connectivity index (χ1n) is 21.7. The van der Waals surface area contributed by atoms with Crippen molar-refractivity contribution in [2.75, 3.05) is 59.4 Å². The molecule has 2 heterocycles. The molecule has 1 aromatic carbocycles. The molecular formula is C44H65N3O19. The molecule has 2 aliphatic heterocycles. The Labute approximate surface area is 383 Å². The lowest BCUT2D eigenvalue weighted by molar-refractivity contribution is -0.290. The summed E-state index contributed by atoms with van der Waals surface area (Å²) in [7, 11) is 0. The first-order valence-corrected chi connectivity index (χ1v) is 21.7. The molecule has 66 heavy (non-hydrogen) atoms. The number of ketones is 1. The second-order valence-corrected chi connectivity index (χ2v) is 15.7. The molecule has 2 unspecified atom stereocenters. The number of rotatable bonds is 26. The van der Waals surface area contributed by atoms with Crippen LogP contribution in [0.4, 0.5) is 0 Å². The molecule has 22 nitrogen and oxygen atoms in total. The van der Waals surface area contributed by atoms with Gasteiger partial charge in [0.25, 0.3) is 5.91 Å². The van der Waals surface area contributed by atoms with E-state index in [0.29, 0.717) is 12.0 Å². The normalized spacial score (nSPS) is 24.9. The number of nitrogens with two attached hydrogens (primary N) is 1. The standard InChI is InChI=1S/C44H65N3O19/c1-24-36(22-60-27(4)49)65-44(38(47-26(3)48)39(24)62-29(6)51)59-19-17-57-15-13-46-42(55)34-20-32(21-45)11-12-33(34)35(54)10-9-14-56-16-18-58-43-25(2)40(63-30(7)52)41(64-31(8)53)37(66-43)23-61-28(5)50/h11-12,20,24-25,36-41,43-44H,9-10,13-19,21-23,45H2,1-8H3,(H,46,55)(H,47,48)/t24-,25+,36+,37+,38+,39-,40+,41-,43?,44?/m0/s1. The Morgan fingerprint density at radius 3 is 1.77 bits per heavy atom. The summed E-state index contributed by atoms with van der Waals surface area (Å²) in [5.41, 5.74) is 6.83. The van der Waals surface area contributed by atoms with E-state index in [-0.39, 0.29) is 89.3 Å². The van der Waals surface area contributed by atoms with E-state index in [1.165, 1.54) is 41.5 Å². The predicted octanol–water partition coefficient (Wildman–Crippen LogP) is 1.05. The third-order valence-electron chi connectivity index (χ3n) is 10.3. The van der Waals surface area contributed by atoms with Crippen molar-refractivity contribution in [2.24, 2.45) is 17.6 Å². The first kappa shape index (κ1) is 55.2. The largest absolute Gasteiger partial charge is 0.463 e. The van der Waals surface area contributed by atoms with E-state index in [0.717, 1.165) is 0 Å². The fourth-order valence-electron chi connectivity index (χ4n) is 7.23. The van der Waals surface area contributed by atoms with Crippen LogP contribution in [0.2, 0.25) is 0 Å².